The Labute approximate surface area is 131 Å². The van der Waals surface area contributed by atoms with Gasteiger partial charge in [-0.2, -0.15) is 4.98 Å². The molecule has 0 aliphatic rings. The van der Waals surface area contributed by atoms with E-state index in [0.717, 1.165) is 11.0 Å². The largest absolute Gasteiger partial charge is 0.340 e. The molecule has 0 radical (unpaired) electrons. The third-order valence-electron chi connectivity index (χ3n) is 3.06. The average Bonchev–Trinajstić information content (AvgIpc) is 3.12. The summed E-state index contributed by atoms with van der Waals surface area (Å²) in [5.41, 5.74) is 6.93. The van der Waals surface area contributed by atoms with Crippen molar-refractivity contribution in [1.29, 1.82) is 0 Å². The van der Waals surface area contributed by atoms with Gasteiger partial charge >= 0.3 is 0 Å². The van der Waals surface area contributed by atoms with Gasteiger partial charge in [-0.05, 0) is 5.56 Å². The predicted molar refractivity (Wildman–Crippen MR) is 82.1 cm³/mol. The molecule has 2 aromatic heterocycles. The molecule has 3 rings (SSSR count). The van der Waals surface area contributed by atoms with Crippen LogP contribution in [0, 0.1) is 6.92 Å². The van der Waals surface area contributed by atoms with E-state index in [0.29, 0.717) is 30.6 Å². The van der Waals surface area contributed by atoms with Crippen LogP contribution in [-0.2, 0) is 18.8 Å². The molecule has 7 nitrogen and oxygen atoms in total. The van der Waals surface area contributed by atoms with Crippen LogP contribution in [0.2, 0.25) is 0 Å². The molecule has 0 bridgehead atoms. The minimum Gasteiger partial charge on any atom is -0.340 e. The van der Waals surface area contributed by atoms with E-state index in [1.54, 1.807) is 6.92 Å². The highest BCUT2D eigenvalue weighted by molar-refractivity contribution is 7.98. The second-order valence-corrected chi connectivity index (χ2v) is 5.64. The van der Waals surface area contributed by atoms with Crippen LogP contribution < -0.4 is 5.73 Å². The van der Waals surface area contributed by atoms with Crippen LogP contribution in [0.15, 0.2) is 40.0 Å². The van der Waals surface area contributed by atoms with Gasteiger partial charge in [-0.1, -0.05) is 47.3 Å². The Hall–Kier alpha value is -2.19. The minimum atomic E-state index is 0.349. The van der Waals surface area contributed by atoms with E-state index in [-0.39, 0.29) is 0 Å². The highest BCUT2D eigenvalue weighted by atomic mass is 32.2. The van der Waals surface area contributed by atoms with Gasteiger partial charge in [-0.3, -0.25) is 0 Å². The van der Waals surface area contributed by atoms with Crippen molar-refractivity contribution in [2.24, 2.45) is 5.73 Å². The SMILES string of the molecule is Cc1nc(CSc2nnc(CN)n2Cc2ccccc2)no1. The topological polar surface area (TPSA) is 95.7 Å². The van der Waals surface area contributed by atoms with E-state index >= 15 is 0 Å². The molecule has 0 spiro atoms. The van der Waals surface area contributed by atoms with Gasteiger partial charge in [0.05, 0.1) is 18.8 Å². The Morgan fingerprint density at radius 2 is 2.05 bits per heavy atom. The molecule has 1 aromatic carbocycles. The fourth-order valence-corrected chi connectivity index (χ4v) is 2.83. The summed E-state index contributed by atoms with van der Waals surface area (Å²) in [6.07, 6.45) is 0. The lowest BCUT2D eigenvalue weighted by Gasteiger charge is -2.08. The maximum Gasteiger partial charge on any atom is 0.223 e. The number of rotatable bonds is 6. The van der Waals surface area contributed by atoms with Crippen molar-refractivity contribution in [3.05, 3.63) is 53.4 Å². The smallest absolute Gasteiger partial charge is 0.223 e. The molecule has 0 amide bonds. The second-order valence-electron chi connectivity index (χ2n) is 4.69. The van der Waals surface area contributed by atoms with Gasteiger partial charge in [-0.25, -0.2) is 0 Å². The average molecular weight is 316 g/mol. The van der Waals surface area contributed by atoms with Gasteiger partial charge < -0.3 is 14.8 Å². The van der Waals surface area contributed by atoms with Crippen molar-refractivity contribution < 1.29 is 4.52 Å². The number of thioether (sulfide) groups is 1. The molecule has 114 valence electrons. The highest BCUT2D eigenvalue weighted by Gasteiger charge is 2.13. The summed E-state index contributed by atoms with van der Waals surface area (Å²) >= 11 is 1.52. The van der Waals surface area contributed by atoms with Gasteiger partial charge in [0.25, 0.3) is 0 Å². The molecule has 2 N–H and O–H groups in total. The zero-order valence-electron chi connectivity index (χ0n) is 12.1. The molecule has 0 unspecified atom stereocenters. The van der Waals surface area contributed by atoms with E-state index in [1.165, 1.54) is 17.3 Å². The van der Waals surface area contributed by atoms with Crippen molar-refractivity contribution in [1.82, 2.24) is 24.9 Å². The molecule has 0 saturated carbocycles. The number of nitrogens with zero attached hydrogens (tertiary/aromatic N) is 5. The molecule has 22 heavy (non-hydrogen) atoms. The van der Waals surface area contributed by atoms with Crippen LogP contribution in [0.4, 0.5) is 0 Å². The van der Waals surface area contributed by atoms with Crippen LogP contribution in [0.1, 0.15) is 23.1 Å². The summed E-state index contributed by atoms with van der Waals surface area (Å²) in [6, 6.07) is 10.1. The molecule has 0 saturated heterocycles. The third kappa shape index (κ3) is 3.34. The van der Waals surface area contributed by atoms with E-state index in [9.17, 15) is 0 Å². The predicted octanol–water partition coefficient (Wildman–Crippen LogP) is 1.77. The van der Waals surface area contributed by atoms with Crippen LogP contribution >= 0.6 is 11.8 Å². The Morgan fingerprint density at radius 3 is 2.73 bits per heavy atom. The molecule has 0 atom stereocenters. The maximum atomic E-state index is 5.76. The first-order valence-electron chi connectivity index (χ1n) is 6.84. The van der Waals surface area contributed by atoms with E-state index in [4.69, 9.17) is 10.3 Å². The molecule has 0 aliphatic carbocycles. The first-order chi connectivity index (χ1) is 10.8. The lowest BCUT2D eigenvalue weighted by atomic mass is 10.2. The monoisotopic (exact) mass is 316 g/mol. The summed E-state index contributed by atoms with van der Waals surface area (Å²) in [5, 5.41) is 13.0. The highest BCUT2D eigenvalue weighted by Crippen LogP contribution is 2.21. The molecular formula is C14H16N6OS. The quantitative estimate of drug-likeness (QED) is 0.692. The van der Waals surface area contributed by atoms with Gasteiger partial charge in [0.1, 0.15) is 5.82 Å². The van der Waals surface area contributed by atoms with Crippen molar-refractivity contribution in [2.75, 3.05) is 0 Å². The molecule has 0 fully saturated rings. The van der Waals surface area contributed by atoms with Crippen LogP contribution in [0.5, 0.6) is 0 Å². The standard InChI is InChI=1S/C14H16N6OS/c1-10-16-12(19-21-10)9-22-14-18-17-13(7-15)20(14)8-11-5-3-2-4-6-11/h2-6H,7-9,15H2,1H3. The molecule has 3 aromatic rings. The lowest BCUT2D eigenvalue weighted by Crippen LogP contribution is -2.10. The third-order valence-corrected chi connectivity index (χ3v) is 4.02. The number of nitrogens with two attached hydrogens (primary N) is 1. The van der Waals surface area contributed by atoms with E-state index < -0.39 is 0 Å². The van der Waals surface area contributed by atoms with Gasteiger partial charge in [0, 0.05) is 6.92 Å². The fraction of sp³-hybridized carbons (Fsp3) is 0.286. The Bertz CT molecular complexity index is 739. The van der Waals surface area contributed by atoms with Gasteiger partial charge in [-0.15, -0.1) is 10.2 Å². The zero-order valence-corrected chi connectivity index (χ0v) is 13.0. The first kappa shape index (κ1) is 14.7. The molecular weight excluding hydrogens is 300 g/mol. The number of hydrogen-bond donors (Lipinski definition) is 1. The van der Waals surface area contributed by atoms with E-state index in [1.807, 2.05) is 22.8 Å². The lowest BCUT2D eigenvalue weighted by molar-refractivity contribution is 0.389. The molecule has 0 aliphatic heterocycles. The van der Waals surface area contributed by atoms with Crippen LogP contribution in [0.3, 0.4) is 0 Å². The summed E-state index contributed by atoms with van der Waals surface area (Å²) in [7, 11) is 0. The minimum absolute atomic E-state index is 0.349. The Balaban J connectivity index is 1.77. The van der Waals surface area contributed by atoms with Crippen molar-refractivity contribution in [2.45, 2.75) is 30.9 Å². The van der Waals surface area contributed by atoms with Gasteiger partial charge in [0.15, 0.2) is 11.0 Å². The summed E-state index contributed by atoms with van der Waals surface area (Å²) < 4.78 is 6.99. The van der Waals surface area contributed by atoms with Crippen LogP contribution in [0.25, 0.3) is 0 Å². The zero-order chi connectivity index (χ0) is 15.4. The van der Waals surface area contributed by atoms with Gasteiger partial charge in [0.2, 0.25) is 5.89 Å². The summed E-state index contributed by atoms with van der Waals surface area (Å²) in [6.45, 7) is 2.81. The fourth-order valence-electron chi connectivity index (χ4n) is 2.03. The number of aromatic nitrogens is 5. The number of benzene rings is 1. The Morgan fingerprint density at radius 1 is 1.23 bits per heavy atom. The van der Waals surface area contributed by atoms with Crippen molar-refractivity contribution in [3.63, 3.8) is 0 Å². The van der Waals surface area contributed by atoms with Crippen LogP contribution in [-0.4, -0.2) is 24.9 Å². The normalized spacial score (nSPS) is 11.0. The number of aryl methyl sites for hydroxylation is 1. The molecule has 8 heteroatoms. The summed E-state index contributed by atoms with van der Waals surface area (Å²) in [4.78, 5) is 4.19. The first-order valence-corrected chi connectivity index (χ1v) is 7.83. The van der Waals surface area contributed by atoms with Crippen molar-refractivity contribution >= 4 is 11.8 Å². The Kier molecular flexibility index (Phi) is 4.50. The van der Waals surface area contributed by atoms with E-state index in [2.05, 4.69) is 32.5 Å². The maximum absolute atomic E-state index is 5.76. The summed E-state index contributed by atoms with van der Waals surface area (Å²) in [5.74, 6) is 2.54. The molecule has 2 heterocycles. The second kappa shape index (κ2) is 6.71. The van der Waals surface area contributed by atoms with Crippen molar-refractivity contribution in [3.8, 4) is 0 Å². The number of hydrogen-bond acceptors (Lipinski definition) is 7.